The van der Waals surface area contributed by atoms with Gasteiger partial charge in [-0.05, 0) is 69.4 Å². The number of amides is 1. The van der Waals surface area contributed by atoms with E-state index in [1.165, 1.54) is 22.3 Å². The van der Waals surface area contributed by atoms with Gasteiger partial charge < -0.3 is 10.3 Å². The van der Waals surface area contributed by atoms with E-state index in [-0.39, 0.29) is 17.0 Å². The van der Waals surface area contributed by atoms with Gasteiger partial charge in [-0.2, -0.15) is 0 Å². The highest BCUT2D eigenvalue weighted by molar-refractivity contribution is 5.95. The molecule has 4 heteroatoms. The minimum atomic E-state index is -0.331. The number of pyridine rings is 1. The normalized spacial score (nSPS) is 10.7. The summed E-state index contributed by atoms with van der Waals surface area (Å²) in [5.41, 5.74) is 6.30. The van der Waals surface area contributed by atoms with Gasteiger partial charge >= 0.3 is 0 Å². The highest BCUT2D eigenvalue weighted by Gasteiger charge is 2.14. The van der Waals surface area contributed by atoms with Crippen LogP contribution in [0.5, 0.6) is 0 Å². The molecule has 0 bridgehead atoms. The van der Waals surface area contributed by atoms with Gasteiger partial charge in [0.2, 0.25) is 0 Å². The van der Waals surface area contributed by atoms with Crippen LogP contribution in [-0.2, 0) is 6.42 Å². The van der Waals surface area contributed by atoms with E-state index in [0.29, 0.717) is 12.1 Å². The van der Waals surface area contributed by atoms with Crippen molar-refractivity contribution in [3.05, 3.63) is 67.6 Å². The molecule has 1 aromatic carbocycles. The minimum Gasteiger partial charge on any atom is -0.352 e. The van der Waals surface area contributed by atoms with Crippen molar-refractivity contribution in [1.29, 1.82) is 0 Å². The molecule has 23 heavy (non-hydrogen) atoms. The number of aromatic nitrogens is 1. The second-order valence-corrected chi connectivity index (χ2v) is 6.22. The SMILES string of the molecule is Cc1cc(C)c(CCNC(=O)c2c(C)cc(C)[nH]c2=O)c(C)c1. The van der Waals surface area contributed by atoms with Gasteiger partial charge in [0.05, 0.1) is 0 Å². The van der Waals surface area contributed by atoms with Crippen LogP contribution >= 0.6 is 0 Å². The van der Waals surface area contributed by atoms with Crippen LogP contribution in [0.3, 0.4) is 0 Å². The number of rotatable bonds is 4. The summed E-state index contributed by atoms with van der Waals surface area (Å²) in [7, 11) is 0. The lowest BCUT2D eigenvalue weighted by Gasteiger charge is -2.12. The molecule has 0 aliphatic rings. The Morgan fingerprint density at radius 2 is 1.61 bits per heavy atom. The molecule has 122 valence electrons. The molecular formula is C19H24N2O2. The van der Waals surface area contributed by atoms with Crippen LogP contribution < -0.4 is 10.9 Å². The quantitative estimate of drug-likeness (QED) is 0.912. The molecule has 0 unspecified atom stereocenters. The van der Waals surface area contributed by atoms with Crippen molar-refractivity contribution < 1.29 is 4.79 Å². The molecule has 0 fully saturated rings. The first-order chi connectivity index (χ1) is 10.8. The molecule has 0 radical (unpaired) electrons. The fourth-order valence-corrected chi connectivity index (χ4v) is 3.13. The largest absolute Gasteiger partial charge is 0.352 e. The average molecular weight is 312 g/mol. The summed E-state index contributed by atoms with van der Waals surface area (Å²) < 4.78 is 0. The standard InChI is InChI=1S/C19H24N2O2/c1-11-8-12(2)16(13(3)9-11)6-7-20-18(22)17-14(4)10-15(5)21-19(17)23/h8-10H,6-7H2,1-5H3,(H,20,22)(H,21,23). The number of H-pyrrole nitrogens is 1. The van der Waals surface area contributed by atoms with Crippen LogP contribution in [0.4, 0.5) is 0 Å². The highest BCUT2D eigenvalue weighted by Crippen LogP contribution is 2.16. The van der Waals surface area contributed by atoms with Gasteiger partial charge in [0.15, 0.2) is 0 Å². The van der Waals surface area contributed by atoms with Gasteiger partial charge in [0.25, 0.3) is 11.5 Å². The first-order valence-corrected chi connectivity index (χ1v) is 7.85. The third-order valence-corrected chi connectivity index (χ3v) is 4.09. The number of nitrogens with one attached hydrogen (secondary N) is 2. The molecule has 0 saturated heterocycles. The lowest BCUT2D eigenvalue weighted by atomic mass is 9.97. The van der Waals surface area contributed by atoms with Crippen LogP contribution in [0.15, 0.2) is 23.0 Å². The number of hydrogen-bond acceptors (Lipinski definition) is 2. The second kappa shape index (κ2) is 6.82. The molecule has 0 saturated carbocycles. The Morgan fingerprint density at radius 1 is 1.00 bits per heavy atom. The molecule has 2 aromatic rings. The predicted molar refractivity (Wildman–Crippen MR) is 93.2 cm³/mol. The smallest absolute Gasteiger partial charge is 0.261 e. The summed E-state index contributed by atoms with van der Waals surface area (Å²) >= 11 is 0. The van der Waals surface area contributed by atoms with Gasteiger partial charge in [0, 0.05) is 12.2 Å². The summed E-state index contributed by atoms with van der Waals surface area (Å²) in [5.74, 6) is -0.314. The van der Waals surface area contributed by atoms with Gasteiger partial charge in [-0.3, -0.25) is 9.59 Å². The van der Waals surface area contributed by atoms with Crippen molar-refractivity contribution in [1.82, 2.24) is 10.3 Å². The van der Waals surface area contributed by atoms with E-state index in [1.54, 1.807) is 13.8 Å². The number of aromatic amines is 1. The van der Waals surface area contributed by atoms with Crippen LogP contribution in [0.25, 0.3) is 0 Å². The minimum absolute atomic E-state index is 0.202. The van der Waals surface area contributed by atoms with Gasteiger partial charge in [-0.1, -0.05) is 17.7 Å². The number of hydrogen-bond donors (Lipinski definition) is 2. The summed E-state index contributed by atoms with van der Waals surface area (Å²) in [5, 5.41) is 2.86. The molecule has 0 aliphatic carbocycles. The van der Waals surface area contributed by atoms with Crippen molar-refractivity contribution in [2.24, 2.45) is 0 Å². The Balaban J connectivity index is 2.08. The molecule has 4 nitrogen and oxygen atoms in total. The van der Waals surface area contributed by atoms with E-state index in [1.807, 2.05) is 6.07 Å². The van der Waals surface area contributed by atoms with Crippen LogP contribution in [0, 0.1) is 34.6 Å². The zero-order valence-electron chi connectivity index (χ0n) is 14.5. The van der Waals surface area contributed by atoms with E-state index in [4.69, 9.17) is 0 Å². The zero-order valence-corrected chi connectivity index (χ0v) is 14.5. The topological polar surface area (TPSA) is 62.0 Å². The van der Waals surface area contributed by atoms with Gasteiger partial charge in [-0.15, -0.1) is 0 Å². The monoisotopic (exact) mass is 312 g/mol. The Kier molecular flexibility index (Phi) is 5.04. The fourth-order valence-electron chi connectivity index (χ4n) is 3.13. The highest BCUT2D eigenvalue weighted by atomic mass is 16.2. The van der Waals surface area contributed by atoms with Crippen molar-refractivity contribution in [3.63, 3.8) is 0 Å². The molecule has 1 aromatic heterocycles. The van der Waals surface area contributed by atoms with E-state index >= 15 is 0 Å². The zero-order chi connectivity index (χ0) is 17.1. The summed E-state index contributed by atoms with van der Waals surface area (Å²) in [6, 6.07) is 6.11. The Hall–Kier alpha value is -2.36. The van der Waals surface area contributed by atoms with E-state index in [2.05, 4.69) is 43.2 Å². The first-order valence-electron chi connectivity index (χ1n) is 7.85. The number of benzene rings is 1. The Bertz CT molecular complexity index is 780. The maximum Gasteiger partial charge on any atom is 0.261 e. The Labute approximate surface area is 137 Å². The van der Waals surface area contributed by atoms with Gasteiger partial charge in [-0.25, -0.2) is 0 Å². The predicted octanol–water partition coefficient (Wildman–Crippen LogP) is 2.89. The summed E-state index contributed by atoms with van der Waals surface area (Å²) in [6.45, 7) is 10.4. The third kappa shape index (κ3) is 3.89. The fraction of sp³-hybridized carbons (Fsp3) is 0.368. The maximum absolute atomic E-state index is 12.3. The summed E-state index contributed by atoms with van der Waals surface area (Å²) in [4.78, 5) is 26.9. The molecule has 2 rings (SSSR count). The van der Waals surface area contributed by atoms with Crippen molar-refractivity contribution in [3.8, 4) is 0 Å². The molecule has 1 amide bonds. The lowest BCUT2D eigenvalue weighted by molar-refractivity contribution is 0.0952. The molecule has 0 spiro atoms. The van der Waals surface area contributed by atoms with E-state index < -0.39 is 0 Å². The molecule has 0 aliphatic heterocycles. The molecule has 0 atom stereocenters. The number of carbonyl (C=O) groups excluding carboxylic acids is 1. The molecule has 2 N–H and O–H groups in total. The first kappa shape index (κ1) is 17.0. The number of aryl methyl sites for hydroxylation is 5. The Morgan fingerprint density at radius 3 is 2.17 bits per heavy atom. The maximum atomic E-state index is 12.3. The molecule has 1 heterocycles. The van der Waals surface area contributed by atoms with Crippen molar-refractivity contribution in [2.45, 2.75) is 41.0 Å². The summed E-state index contributed by atoms with van der Waals surface area (Å²) in [6.07, 6.45) is 0.756. The third-order valence-electron chi connectivity index (χ3n) is 4.09. The molecular weight excluding hydrogens is 288 g/mol. The van der Waals surface area contributed by atoms with Crippen LogP contribution in [0.1, 0.15) is 43.9 Å². The number of carbonyl (C=O) groups is 1. The van der Waals surface area contributed by atoms with Crippen LogP contribution in [0.2, 0.25) is 0 Å². The van der Waals surface area contributed by atoms with Crippen LogP contribution in [-0.4, -0.2) is 17.4 Å². The lowest BCUT2D eigenvalue weighted by Crippen LogP contribution is -2.32. The van der Waals surface area contributed by atoms with Gasteiger partial charge in [0.1, 0.15) is 5.56 Å². The van der Waals surface area contributed by atoms with Crippen molar-refractivity contribution in [2.75, 3.05) is 6.54 Å². The second-order valence-electron chi connectivity index (χ2n) is 6.22. The average Bonchev–Trinajstić information content (AvgIpc) is 2.40. The van der Waals surface area contributed by atoms with E-state index in [0.717, 1.165) is 12.1 Å². The van der Waals surface area contributed by atoms with E-state index in [9.17, 15) is 9.59 Å². The van der Waals surface area contributed by atoms with Crippen molar-refractivity contribution >= 4 is 5.91 Å².